The average molecular weight is 253 g/mol. The van der Waals surface area contributed by atoms with Crippen LogP contribution in [0, 0.1) is 11.3 Å². The molecule has 1 atom stereocenters. The molecule has 0 amide bonds. The number of hydrogen-bond acceptors (Lipinski definition) is 3. The number of esters is 1. The van der Waals surface area contributed by atoms with Crippen molar-refractivity contribution in [2.45, 2.75) is 64.3 Å². The summed E-state index contributed by atoms with van der Waals surface area (Å²) in [5, 5.41) is 3.55. The normalized spacial score (nSPS) is 31.7. The summed E-state index contributed by atoms with van der Waals surface area (Å²) in [5.41, 5.74) is -0.0534. The van der Waals surface area contributed by atoms with Gasteiger partial charge in [0.15, 0.2) is 0 Å². The maximum Gasteiger partial charge on any atom is 0.326 e. The minimum absolute atomic E-state index is 0.0548. The first kappa shape index (κ1) is 13.9. The Hall–Kier alpha value is -0.570. The standard InChI is InChI=1S/C15H27NO2/c1-14(2)7-4-8-15(10-9-14,13(17)18-3)16-11-12-5-6-12/h12,16H,4-11H2,1-3H3. The van der Waals surface area contributed by atoms with Crippen molar-refractivity contribution in [2.24, 2.45) is 11.3 Å². The maximum atomic E-state index is 12.2. The molecule has 2 aliphatic rings. The molecule has 0 aromatic rings. The molecule has 0 aromatic carbocycles. The Morgan fingerprint density at radius 3 is 2.56 bits per heavy atom. The van der Waals surface area contributed by atoms with Crippen LogP contribution in [0.5, 0.6) is 0 Å². The van der Waals surface area contributed by atoms with E-state index in [-0.39, 0.29) is 5.97 Å². The van der Waals surface area contributed by atoms with Crippen molar-refractivity contribution in [2.75, 3.05) is 13.7 Å². The Morgan fingerprint density at radius 1 is 1.22 bits per heavy atom. The Balaban J connectivity index is 2.05. The molecule has 2 aliphatic carbocycles. The van der Waals surface area contributed by atoms with Crippen molar-refractivity contribution in [1.29, 1.82) is 0 Å². The molecule has 0 spiro atoms. The monoisotopic (exact) mass is 253 g/mol. The summed E-state index contributed by atoms with van der Waals surface area (Å²) in [6, 6.07) is 0. The molecule has 0 saturated heterocycles. The second-order valence-electron chi connectivity index (χ2n) is 6.92. The lowest BCUT2D eigenvalue weighted by Crippen LogP contribution is -2.53. The van der Waals surface area contributed by atoms with E-state index >= 15 is 0 Å². The van der Waals surface area contributed by atoms with Gasteiger partial charge in [0.05, 0.1) is 7.11 Å². The third-order valence-electron chi connectivity index (χ3n) is 4.69. The Morgan fingerprint density at radius 2 is 1.94 bits per heavy atom. The fraction of sp³-hybridized carbons (Fsp3) is 0.933. The van der Waals surface area contributed by atoms with E-state index in [0.717, 1.165) is 38.1 Å². The summed E-state index contributed by atoms with van der Waals surface area (Å²) in [6.07, 6.45) is 7.89. The van der Waals surface area contributed by atoms with Crippen LogP contribution >= 0.6 is 0 Å². The van der Waals surface area contributed by atoms with Gasteiger partial charge in [0.1, 0.15) is 5.54 Å². The number of nitrogens with one attached hydrogen (secondary N) is 1. The van der Waals surface area contributed by atoms with Crippen molar-refractivity contribution in [3.8, 4) is 0 Å². The number of carbonyl (C=O) groups is 1. The molecule has 2 saturated carbocycles. The lowest BCUT2D eigenvalue weighted by atomic mass is 9.83. The highest BCUT2D eigenvalue weighted by Gasteiger charge is 2.43. The molecule has 2 rings (SSSR count). The largest absolute Gasteiger partial charge is 0.468 e. The molecule has 0 aliphatic heterocycles. The van der Waals surface area contributed by atoms with Gasteiger partial charge in [-0.25, -0.2) is 0 Å². The van der Waals surface area contributed by atoms with Gasteiger partial charge in [0.2, 0.25) is 0 Å². The number of carbonyl (C=O) groups excluding carboxylic acids is 1. The first-order chi connectivity index (χ1) is 8.47. The maximum absolute atomic E-state index is 12.2. The molecule has 0 aromatic heterocycles. The molecule has 18 heavy (non-hydrogen) atoms. The smallest absolute Gasteiger partial charge is 0.326 e. The average Bonchev–Trinajstić information content (AvgIpc) is 3.14. The fourth-order valence-corrected chi connectivity index (χ4v) is 2.98. The van der Waals surface area contributed by atoms with Gasteiger partial charge in [0, 0.05) is 0 Å². The molecule has 0 bridgehead atoms. The van der Waals surface area contributed by atoms with Crippen molar-refractivity contribution in [3.63, 3.8) is 0 Å². The van der Waals surface area contributed by atoms with Crippen LogP contribution in [0.25, 0.3) is 0 Å². The zero-order valence-corrected chi connectivity index (χ0v) is 12.1. The second-order valence-corrected chi connectivity index (χ2v) is 6.92. The predicted molar refractivity (Wildman–Crippen MR) is 72.3 cm³/mol. The third kappa shape index (κ3) is 3.25. The molecule has 104 valence electrons. The van der Waals surface area contributed by atoms with E-state index in [1.54, 1.807) is 0 Å². The van der Waals surface area contributed by atoms with E-state index in [2.05, 4.69) is 19.2 Å². The first-order valence-electron chi connectivity index (χ1n) is 7.31. The lowest BCUT2D eigenvalue weighted by molar-refractivity contribution is -0.149. The highest BCUT2D eigenvalue weighted by Crippen LogP contribution is 2.39. The minimum atomic E-state index is -0.412. The molecule has 3 nitrogen and oxygen atoms in total. The third-order valence-corrected chi connectivity index (χ3v) is 4.69. The Bertz CT molecular complexity index is 310. The summed E-state index contributed by atoms with van der Waals surface area (Å²) in [7, 11) is 1.51. The predicted octanol–water partition coefficient (Wildman–Crippen LogP) is 2.89. The van der Waals surface area contributed by atoms with Crippen LogP contribution in [0.15, 0.2) is 0 Å². The van der Waals surface area contributed by atoms with Crippen LogP contribution in [0.1, 0.15) is 58.8 Å². The summed E-state index contributed by atoms with van der Waals surface area (Å²) < 4.78 is 5.07. The summed E-state index contributed by atoms with van der Waals surface area (Å²) in [5.74, 6) is 0.739. The van der Waals surface area contributed by atoms with Crippen LogP contribution in [0.2, 0.25) is 0 Å². The zero-order valence-electron chi connectivity index (χ0n) is 12.1. The molecule has 0 heterocycles. The molecule has 3 heteroatoms. The van der Waals surface area contributed by atoms with Crippen molar-refractivity contribution < 1.29 is 9.53 Å². The van der Waals surface area contributed by atoms with Crippen LogP contribution in [0.4, 0.5) is 0 Å². The summed E-state index contributed by atoms with van der Waals surface area (Å²) >= 11 is 0. The first-order valence-corrected chi connectivity index (χ1v) is 7.31. The van der Waals surface area contributed by atoms with Gasteiger partial charge in [-0.3, -0.25) is 4.79 Å². The van der Waals surface area contributed by atoms with Gasteiger partial charge < -0.3 is 10.1 Å². The van der Waals surface area contributed by atoms with E-state index in [1.807, 2.05) is 0 Å². The van der Waals surface area contributed by atoms with Gasteiger partial charge >= 0.3 is 5.97 Å². The molecule has 2 fully saturated rings. The van der Waals surface area contributed by atoms with E-state index in [0.29, 0.717) is 5.41 Å². The molecular weight excluding hydrogens is 226 g/mol. The number of methoxy groups -OCH3 is 1. The van der Waals surface area contributed by atoms with E-state index in [4.69, 9.17) is 4.74 Å². The number of ether oxygens (including phenoxy) is 1. The van der Waals surface area contributed by atoms with Crippen molar-refractivity contribution in [1.82, 2.24) is 5.32 Å². The highest BCUT2D eigenvalue weighted by atomic mass is 16.5. The summed E-state index contributed by atoms with van der Waals surface area (Å²) in [6.45, 7) is 5.60. The second kappa shape index (κ2) is 5.20. The van der Waals surface area contributed by atoms with Crippen LogP contribution < -0.4 is 5.32 Å². The van der Waals surface area contributed by atoms with E-state index < -0.39 is 5.54 Å². The van der Waals surface area contributed by atoms with Crippen molar-refractivity contribution >= 4 is 5.97 Å². The van der Waals surface area contributed by atoms with E-state index in [9.17, 15) is 4.79 Å². The zero-order chi connectivity index (χ0) is 13.2. The van der Waals surface area contributed by atoms with Gasteiger partial charge in [-0.1, -0.05) is 20.3 Å². The van der Waals surface area contributed by atoms with Crippen LogP contribution in [-0.4, -0.2) is 25.2 Å². The minimum Gasteiger partial charge on any atom is -0.468 e. The quantitative estimate of drug-likeness (QED) is 0.618. The van der Waals surface area contributed by atoms with Crippen LogP contribution in [0.3, 0.4) is 0 Å². The highest BCUT2D eigenvalue weighted by molar-refractivity contribution is 5.80. The lowest BCUT2D eigenvalue weighted by Gasteiger charge is -2.32. The van der Waals surface area contributed by atoms with Gasteiger partial charge in [-0.2, -0.15) is 0 Å². The van der Waals surface area contributed by atoms with Gasteiger partial charge in [0.25, 0.3) is 0 Å². The summed E-state index contributed by atoms with van der Waals surface area (Å²) in [4.78, 5) is 12.2. The molecule has 1 N–H and O–H groups in total. The van der Waals surface area contributed by atoms with Gasteiger partial charge in [-0.05, 0) is 56.4 Å². The molecular formula is C15H27NO2. The Labute approximate surface area is 111 Å². The number of rotatable bonds is 4. The fourth-order valence-electron chi connectivity index (χ4n) is 2.98. The van der Waals surface area contributed by atoms with Crippen LogP contribution in [-0.2, 0) is 9.53 Å². The van der Waals surface area contributed by atoms with E-state index in [1.165, 1.54) is 26.4 Å². The Kier molecular flexibility index (Phi) is 4.00. The molecule has 1 unspecified atom stereocenters. The molecule has 0 radical (unpaired) electrons. The SMILES string of the molecule is COC(=O)C1(NCC2CC2)CCCC(C)(C)CC1. The van der Waals surface area contributed by atoms with Crippen molar-refractivity contribution in [3.05, 3.63) is 0 Å². The number of hydrogen-bond donors (Lipinski definition) is 1. The topological polar surface area (TPSA) is 38.3 Å². The van der Waals surface area contributed by atoms with Gasteiger partial charge in [-0.15, -0.1) is 0 Å².